The summed E-state index contributed by atoms with van der Waals surface area (Å²) in [5.74, 6) is 0. The van der Waals surface area contributed by atoms with Crippen LogP contribution in [0.1, 0.15) is 12.5 Å². The quantitative estimate of drug-likeness (QED) is 0.714. The van der Waals surface area contributed by atoms with Gasteiger partial charge in [-0.2, -0.15) is 0 Å². The molecule has 2 rings (SSSR count). The molecule has 0 aliphatic carbocycles. The highest BCUT2D eigenvalue weighted by atomic mass is 16.3. The topological polar surface area (TPSA) is 48.0 Å². The minimum atomic E-state index is 0.159. The van der Waals surface area contributed by atoms with E-state index in [1.807, 2.05) is 6.20 Å². The van der Waals surface area contributed by atoms with E-state index >= 15 is 0 Å². The fourth-order valence-corrected chi connectivity index (χ4v) is 1.91. The van der Waals surface area contributed by atoms with Crippen molar-refractivity contribution in [1.82, 2.24) is 4.98 Å². The minimum absolute atomic E-state index is 0.159. The third kappa shape index (κ3) is 1.83. The Balaban J connectivity index is 2.44. The van der Waals surface area contributed by atoms with Crippen LogP contribution in [0.3, 0.4) is 0 Å². The summed E-state index contributed by atoms with van der Waals surface area (Å²) in [5, 5.41) is 13.3. The minimum Gasteiger partial charge on any atom is -0.395 e. The third-order valence-corrected chi connectivity index (χ3v) is 2.62. The lowest BCUT2D eigenvalue weighted by Gasteiger charge is -2.10. The van der Waals surface area contributed by atoms with Gasteiger partial charge in [-0.25, -0.2) is 0 Å². The fraction of sp³-hybridized carbons (Fsp3) is 0.333. The van der Waals surface area contributed by atoms with Gasteiger partial charge in [-0.1, -0.05) is 13.0 Å². The number of fused-ring (bicyclic) bond motifs is 1. The first-order valence-electron chi connectivity index (χ1n) is 5.30. The second-order valence-electron chi connectivity index (χ2n) is 3.54. The molecule has 0 spiro atoms. The van der Waals surface area contributed by atoms with Crippen molar-refractivity contribution in [2.24, 2.45) is 0 Å². The van der Waals surface area contributed by atoms with E-state index in [2.05, 4.69) is 35.4 Å². The molecule has 0 atom stereocenters. The average molecular weight is 204 g/mol. The molecule has 2 aromatic rings. The molecule has 0 bridgehead atoms. The Kier molecular flexibility index (Phi) is 2.92. The van der Waals surface area contributed by atoms with Crippen molar-refractivity contribution in [3.05, 3.63) is 30.0 Å². The maximum Gasteiger partial charge on any atom is 0.0604 e. The summed E-state index contributed by atoms with van der Waals surface area (Å²) in [5.41, 5.74) is 3.59. The zero-order valence-corrected chi connectivity index (χ0v) is 8.88. The monoisotopic (exact) mass is 204 g/mol. The second-order valence-corrected chi connectivity index (χ2v) is 3.54. The number of hydrogen-bond acceptors (Lipinski definition) is 2. The summed E-state index contributed by atoms with van der Waals surface area (Å²) in [6.45, 7) is 2.89. The number of aromatic amines is 1. The molecular formula is C12H16N2O. The van der Waals surface area contributed by atoms with Crippen molar-refractivity contribution in [2.75, 3.05) is 18.5 Å². The first kappa shape index (κ1) is 10.1. The molecule has 0 aliphatic heterocycles. The summed E-state index contributed by atoms with van der Waals surface area (Å²) in [4.78, 5) is 3.25. The van der Waals surface area contributed by atoms with E-state index in [9.17, 15) is 0 Å². The van der Waals surface area contributed by atoms with E-state index in [1.165, 1.54) is 16.5 Å². The van der Waals surface area contributed by atoms with Gasteiger partial charge in [0.1, 0.15) is 0 Å². The van der Waals surface area contributed by atoms with Crippen LogP contribution in [0.2, 0.25) is 0 Å². The zero-order valence-electron chi connectivity index (χ0n) is 8.88. The molecule has 3 N–H and O–H groups in total. The van der Waals surface area contributed by atoms with E-state index < -0.39 is 0 Å². The summed E-state index contributed by atoms with van der Waals surface area (Å²) in [6, 6.07) is 6.24. The summed E-state index contributed by atoms with van der Waals surface area (Å²) in [6.07, 6.45) is 2.94. The van der Waals surface area contributed by atoms with Gasteiger partial charge in [-0.3, -0.25) is 0 Å². The van der Waals surface area contributed by atoms with Gasteiger partial charge in [0.25, 0.3) is 0 Å². The van der Waals surface area contributed by atoms with E-state index in [0.29, 0.717) is 6.54 Å². The Morgan fingerprint density at radius 1 is 1.33 bits per heavy atom. The highest BCUT2D eigenvalue weighted by Gasteiger charge is 2.05. The van der Waals surface area contributed by atoms with Gasteiger partial charge in [0.05, 0.1) is 12.1 Å². The number of hydrogen-bond donors (Lipinski definition) is 3. The number of nitrogens with one attached hydrogen (secondary N) is 2. The predicted molar refractivity (Wildman–Crippen MR) is 63.3 cm³/mol. The Labute approximate surface area is 89.1 Å². The molecule has 1 heterocycles. The van der Waals surface area contributed by atoms with Gasteiger partial charge in [0.2, 0.25) is 0 Å². The number of aliphatic hydroxyl groups is 1. The van der Waals surface area contributed by atoms with Crippen LogP contribution in [0.15, 0.2) is 24.4 Å². The summed E-state index contributed by atoms with van der Waals surface area (Å²) in [7, 11) is 0. The molecule has 3 heteroatoms. The van der Waals surface area contributed by atoms with Gasteiger partial charge >= 0.3 is 0 Å². The summed E-state index contributed by atoms with van der Waals surface area (Å²) < 4.78 is 0. The molecule has 15 heavy (non-hydrogen) atoms. The van der Waals surface area contributed by atoms with Crippen molar-refractivity contribution in [3.63, 3.8) is 0 Å². The maximum absolute atomic E-state index is 8.79. The smallest absolute Gasteiger partial charge is 0.0604 e. The van der Waals surface area contributed by atoms with Crippen LogP contribution in [-0.2, 0) is 6.42 Å². The molecular weight excluding hydrogens is 188 g/mol. The van der Waals surface area contributed by atoms with Gasteiger partial charge in [-0.05, 0) is 29.5 Å². The summed E-state index contributed by atoms with van der Waals surface area (Å²) >= 11 is 0. The number of aliphatic hydroxyl groups excluding tert-OH is 1. The number of aryl methyl sites for hydroxylation is 1. The second kappa shape index (κ2) is 4.36. The zero-order chi connectivity index (χ0) is 10.7. The number of benzene rings is 1. The van der Waals surface area contributed by atoms with E-state index in [1.54, 1.807) is 0 Å². The van der Waals surface area contributed by atoms with E-state index in [0.717, 1.165) is 12.1 Å². The van der Waals surface area contributed by atoms with Gasteiger partial charge in [0.15, 0.2) is 0 Å². The van der Waals surface area contributed by atoms with Gasteiger partial charge in [-0.15, -0.1) is 0 Å². The highest BCUT2D eigenvalue weighted by Crippen LogP contribution is 2.25. The van der Waals surface area contributed by atoms with Crippen LogP contribution in [0, 0.1) is 0 Å². The Morgan fingerprint density at radius 3 is 2.93 bits per heavy atom. The lowest BCUT2D eigenvalue weighted by Crippen LogP contribution is -2.07. The molecule has 3 nitrogen and oxygen atoms in total. The van der Waals surface area contributed by atoms with Crippen molar-refractivity contribution in [1.29, 1.82) is 0 Å². The Morgan fingerprint density at radius 2 is 2.20 bits per heavy atom. The third-order valence-electron chi connectivity index (χ3n) is 2.62. The van der Waals surface area contributed by atoms with Crippen LogP contribution >= 0.6 is 0 Å². The average Bonchev–Trinajstić information content (AvgIpc) is 2.73. The Hall–Kier alpha value is -1.48. The van der Waals surface area contributed by atoms with Crippen molar-refractivity contribution in [2.45, 2.75) is 13.3 Å². The molecule has 0 aliphatic rings. The van der Waals surface area contributed by atoms with E-state index in [4.69, 9.17) is 5.11 Å². The lowest BCUT2D eigenvalue weighted by atomic mass is 10.1. The van der Waals surface area contributed by atoms with E-state index in [-0.39, 0.29) is 6.61 Å². The normalized spacial score (nSPS) is 10.8. The standard InChI is InChI=1S/C12H16N2O/c1-2-10-11(13-7-8-15)4-3-9-5-6-14-12(9)10/h3-6,13-15H,2,7-8H2,1H3. The van der Waals surface area contributed by atoms with Crippen molar-refractivity contribution in [3.8, 4) is 0 Å². The molecule has 80 valence electrons. The van der Waals surface area contributed by atoms with Gasteiger partial charge < -0.3 is 15.4 Å². The van der Waals surface area contributed by atoms with Gasteiger partial charge in [0, 0.05) is 18.4 Å². The van der Waals surface area contributed by atoms with Crippen LogP contribution in [0.4, 0.5) is 5.69 Å². The molecule has 1 aromatic carbocycles. The molecule has 0 unspecified atom stereocenters. The lowest BCUT2D eigenvalue weighted by molar-refractivity contribution is 0.311. The first-order valence-corrected chi connectivity index (χ1v) is 5.30. The van der Waals surface area contributed by atoms with Crippen LogP contribution in [-0.4, -0.2) is 23.2 Å². The van der Waals surface area contributed by atoms with Crippen LogP contribution in [0.25, 0.3) is 10.9 Å². The predicted octanol–water partition coefficient (Wildman–Crippen LogP) is 2.13. The largest absolute Gasteiger partial charge is 0.395 e. The molecule has 0 radical (unpaired) electrons. The SMILES string of the molecule is CCc1c(NCCO)ccc2cc[nH]c12. The number of anilines is 1. The first-order chi connectivity index (χ1) is 7.36. The maximum atomic E-state index is 8.79. The molecule has 0 amide bonds. The number of H-pyrrole nitrogens is 1. The fourth-order valence-electron chi connectivity index (χ4n) is 1.91. The van der Waals surface area contributed by atoms with Crippen molar-refractivity contribution < 1.29 is 5.11 Å². The van der Waals surface area contributed by atoms with Crippen LogP contribution < -0.4 is 5.32 Å². The molecule has 1 aromatic heterocycles. The van der Waals surface area contributed by atoms with Crippen LogP contribution in [0.5, 0.6) is 0 Å². The molecule has 0 saturated carbocycles. The molecule has 0 fully saturated rings. The Bertz CT molecular complexity index is 448. The van der Waals surface area contributed by atoms with Crippen molar-refractivity contribution >= 4 is 16.6 Å². The number of rotatable bonds is 4. The highest BCUT2D eigenvalue weighted by molar-refractivity contribution is 5.87. The number of aromatic nitrogens is 1. The molecule has 0 saturated heterocycles.